The molecular weight excluding hydrogens is 550 g/mol. The summed E-state index contributed by atoms with van der Waals surface area (Å²) in [5, 5.41) is 0. The van der Waals surface area contributed by atoms with Crippen molar-refractivity contribution in [2.45, 2.75) is 32.1 Å². The number of hydrogen-bond acceptors (Lipinski definition) is 3. The predicted octanol–water partition coefficient (Wildman–Crippen LogP) is 10.8. The van der Waals surface area contributed by atoms with Crippen LogP contribution in [-0.2, 0) is 18.3 Å². The van der Waals surface area contributed by atoms with Crippen molar-refractivity contribution in [3.05, 3.63) is 173 Å². The zero-order valence-corrected chi connectivity index (χ0v) is 25.5. The summed E-state index contributed by atoms with van der Waals surface area (Å²) in [7, 11) is 0. The molecule has 1 aromatic heterocycles. The van der Waals surface area contributed by atoms with Gasteiger partial charge in [0, 0.05) is 23.8 Å². The molecule has 0 spiro atoms. The first kappa shape index (κ1) is 27.2. The van der Waals surface area contributed by atoms with Crippen LogP contribution in [0.15, 0.2) is 144 Å². The van der Waals surface area contributed by atoms with E-state index in [2.05, 4.69) is 134 Å². The molecule has 8 rings (SSSR count). The van der Waals surface area contributed by atoms with Crippen LogP contribution in [-0.4, -0.2) is 4.98 Å². The van der Waals surface area contributed by atoms with Gasteiger partial charge in [-0.2, -0.15) is 0 Å². The van der Waals surface area contributed by atoms with Gasteiger partial charge in [-0.25, -0.2) is 4.98 Å². The first-order valence-electron chi connectivity index (χ1n) is 15.5. The van der Waals surface area contributed by atoms with Crippen molar-refractivity contribution in [1.29, 1.82) is 0 Å². The maximum atomic E-state index is 6.67. The van der Waals surface area contributed by atoms with Crippen molar-refractivity contribution in [3.8, 4) is 34.1 Å². The zero-order valence-electron chi connectivity index (χ0n) is 25.5. The van der Waals surface area contributed by atoms with Crippen molar-refractivity contribution in [3.63, 3.8) is 0 Å². The van der Waals surface area contributed by atoms with Gasteiger partial charge < -0.3 is 9.15 Å². The zero-order chi connectivity index (χ0) is 30.4. The van der Waals surface area contributed by atoms with Crippen LogP contribution in [0.1, 0.15) is 47.2 Å². The van der Waals surface area contributed by atoms with Gasteiger partial charge in [-0.3, -0.25) is 0 Å². The van der Waals surface area contributed by atoms with E-state index in [9.17, 15) is 0 Å². The van der Waals surface area contributed by atoms with E-state index in [4.69, 9.17) is 9.15 Å². The molecule has 3 heteroatoms. The maximum absolute atomic E-state index is 6.67. The molecule has 0 fully saturated rings. The number of oxazole rings is 1. The number of aromatic nitrogens is 1. The van der Waals surface area contributed by atoms with Gasteiger partial charge in [-0.05, 0) is 80.9 Å². The molecule has 0 bridgehead atoms. The smallest absolute Gasteiger partial charge is 0.227 e. The lowest BCUT2D eigenvalue weighted by atomic mass is 9.72. The lowest BCUT2D eigenvalue weighted by molar-refractivity contribution is 0.471. The summed E-state index contributed by atoms with van der Waals surface area (Å²) in [5.41, 5.74) is 12.4. The number of para-hydroxylation sites is 4. The second-order valence-electron chi connectivity index (χ2n) is 12.4. The molecule has 0 atom stereocenters. The Morgan fingerprint density at radius 2 is 1.07 bits per heavy atom. The minimum atomic E-state index is -0.217. The Morgan fingerprint density at radius 3 is 1.80 bits per heavy atom. The number of hydrogen-bond donors (Lipinski definition) is 0. The molecule has 2 heterocycles. The molecule has 0 N–H and O–H groups in total. The van der Waals surface area contributed by atoms with Gasteiger partial charge in [0.25, 0.3) is 0 Å². The van der Waals surface area contributed by atoms with Crippen molar-refractivity contribution >= 4 is 11.1 Å². The van der Waals surface area contributed by atoms with Crippen LogP contribution >= 0.6 is 0 Å². The Balaban J connectivity index is 1.24. The fourth-order valence-electron chi connectivity index (χ4n) is 6.79. The second kappa shape index (κ2) is 10.9. The molecule has 0 aliphatic carbocycles. The third-order valence-electron chi connectivity index (χ3n) is 9.16. The van der Waals surface area contributed by atoms with Crippen LogP contribution in [0.25, 0.3) is 33.7 Å². The topological polar surface area (TPSA) is 35.3 Å². The Morgan fingerprint density at radius 1 is 0.511 bits per heavy atom. The second-order valence-corrected chi connectivity index (χ2v) is 12.4. The predicted molar refractivity (Wildman–Crippen MR) is 182 cm³/mol. The van der Waals surface area contributed by atoms with Crippen LogP contribution in [0.5, 0.6) is 11.5 Å². The van der Waals surface area contributed by atoms with E-state index >= 15 is 0 Å². The summed E-state index contributed by atoms with van der Waals surface area (Å²) in [6.07, 6.45) is 1.56. The Hall–Kier alpha value is -5.41. The van der Waals surface area contributed by atoms with Gasteiger partial charge in [0.15, 0.2) is 5.58 Å². The molecule has 1 aliphatic rings. The van der Waals surface area contributed by atoms with Gasteiger partial charge >= 0.3 is 0 Å². The molecule has 0 unspecified atom stereocenters. The summed E-state index contributed by atoms with van der Waals surface area (Å²) >= 11 is 0. The van der Waals surface area contributed by atoms with Gasteiger partial charge in [0.2, 0.25) is 5.89 Å². The lowest BCUT2D eigenvalue weighted by Crippen LogP contribution is -2.23. The highest BCUT2D eigenvalue weighted by molar-refractivity contribution is 5.77. The number of benzene rings is 6. The van der Waals surface area contributed by atoms with E-state index in [1.165, 1.54) is 38.9 Å². The molecule has 45 heavy (non-hydrogen) atoms. The van der Waals surface area contributed by atoms with Gasteiger partial charge in [0.1, 0.15) is 17.0 Å². The molecule has 1 aliphatic heterocycles. The number of fused-ring (bicyclic) bond motifs is 5. The fourth-order valence-corrected chi connectivity index (χ4v) is 6.79. The fraction of sp³-hybridized carbons (Fsp3) is 0.119. The van der Waals surface area contributed by atoms with E-state index in [1.807, 2.05) is 24.3 Å². The molecule has 0 radical (unpaired) electrons. The summed E-state index contributed by atoms with van der Waals surface area (Å²) in [6, 6.07) is 49.1. The molecular formula is C42H33NO2. The minimum absolute atomic E-state index is 0.217. The van der Waals surface area contributed by atoms with Crippen LogP contribution in [0.2, 0.25) is 0 Å². The largest absolute Gasteiger partial charge is 0.457 e. The number of ether oxygens (including phenoxy) is 1. The highest BCUT2D eigenvalue weighted by Gasteiger charge is 2.29. The van der Waals surface area contributed by atoms with Gasteiger partial charge in [0.05, 0.1) is 0 Å². The van der Waals surface area contributed by atoms with Crippen molar-refractivity contribution in [2.75, 3.05) is 0 Å². The van der Waals surface area contributed by atoms with Crippen molar-refractivity contribution in [1.82, 2.24) is 4.98 Å². The number of rotatable bonds is 2. The third-order valence-corrected chi connectivity index (χ3v) is 9.16. The first-order chi connectivity index (χ1) is 22.0. The van der Waals surface area contributed by atoms with E-state index in [1.54, 1.807) is 0 Å². The van der Waals surface area contributed by atoms with Crippen LogP contribution < -0.4 is 4.74 Å². The standard InChI is InChI=1S/C42H33NO2/c1-42(2)35-14-6-3-11-31(35)26-32-12-4-8-16-38(32)44-39-17-9-5-13-33(39)27-34-25-30(23-24-36(34)42)28-19-21-29(22-20-28)41-43-37-15-7-10-18-40(37)45-41/h3-25H,26-27H2,1-2H3. The monoisotopic (exact) mass is 583 g/mol. The van der Waals surface area contributed by atoms with Gasteiger partial charge in [-0.15, -0.1) is 0 Å². The molecule has 0 saturated heterocycles. The highest BCUT2D eigenvalue weighted by Crippen LogP contribution is 2.41. The lowest BCUT2D eigenvalue weighted by Gasteiger charge is -2.32. The average Bonchev–Trinajstić information content (AvgIpc) is 3.51. The van der Waals surface area contributed by atoms with E-state index in [-0.39, 0.29) is 5.41 Å². The Kier molecular flexibility index (Phi) is 6.60. The quantitative estimate of drug-likeness (QED) is 0.203. The molecule has 7 aromatic rings. The maximum Gasteiger partial charge on any atom is 0.227 e. The van der Waals surface area contributed by atoms with E-state index in [0.717, 1.165) is 46.6 Å². The third kappa shape index (κ3) is 5.01. The van der Waals surface area contributed by atoms with Crippen molar-refractivity contribution < 1.29 is 9.15 Å². The Bertz CT molecular complexity index is 2140. The van der Waals surface area contributed by atoms with Crippen LogP contribution in [0.3, 0.4) is 0 Å². The normalized spacial score (nSPS) is 13.7. The minimum Gasteiger partial charge on any atom is -0.457 e. The number of nitrogens with zero attached hydrogens (tertiary/aromatic N) is 1. The van der Waals surface area contributed by atoms with E-state index < -0.39 is 0 Å². The first-order valence-corrected chi connectivity index (χ1v) is 15.5. The summed E-state index contributed by atoms with van der Waals surface area (Å²) in [5.74, 6) is 2.45. The van der Waals surface area contributed by atoms with Crippen LogP contribution in [0, 0.1) is 0 Å². The summed E-state index contributed by atoms with van der Waals surface area (Å²) in [4.78, 5) is 4.68. The highest BCUT2D eigenvalue weighted by atomic mass is 16.5. The van der Waals surface area contributed by atoms with E-state index in [0.29, 0.717) is 5.89 Å². The molecule has 3 nitrogen and oxygen atoms in total. The molecule has 6 aromatic carbocycles. The average molecular weight is 584 g/mol. The van der Waals surface area contributed by atoms with Crippen LogP contribution in [0.4, 0.5) is 0 Å². The van der Waals surface area contributed by atoms with Gasteiger partial charge in [-0.1, -0.05) is 117 Å². The summed E-state index contributed by atoms with van der Waals surface area (Å²) in [6.45, 7) is 4.72. The Labute approximate surface area is 263 Å². The molecule has 218 valence electrons. The van der Waals surface area contributed by atoms with Crippen molar-refractivity contribution in [2.24, 2.45) is 0 Å². The SMILES string of the molecule is CC1(C)c2ccccc2Cc2ccccc2Oc2ccccc2Cc2cc(-c3ccc(-c4nc5ccccc5o4)cc3)ccc21. The molecule has 0 saturated carbocycles. The molecule has 0 amide bonds. The summed E-state index contributed by atoms with van der Waals surface area (Å²) < 4.78 is 12.7.